The van der Waals surface area contributed by atoms with Crippen molar-refractivity contribution in [1.29, 1.82) is 5.26 Å². The number of nitrogens with zero attached hydrogens (tertiary/aromatic N) is 4. The SMILES string of the molecule is CN1CCN(C)C(c2ccc(NC(=O)[C@H]3C[C@H]4C[C@H]4N3C(=O)C(C)(C)C#N)cc2)C1=O. The lowest BCUT2D eigenvalue weighted by Crippen LogP contribution is -2.49. The van der Waals surface area contributed by atoms with E-state index in [2.05, 4.69) is 11.4 Å². The summed E-state index contributed by atoms with van der Waals surface area (Å²) in [7, 11) is 3.74. The summed E-state index contributed by atoms with van der Waals surface area (Å²) in [5, 5.41) is 12.3. The molecule has 0 spiro atoms. The Morgan fingerprint density at radius 1 is 1.13 bits per heavy atom. The van der Waals surface area contributed by atoms with Crippen LogP contribution in [-0.4, -0.2) is 71.7 Å². The van der Waals surface area contributed by atoms with Crippen LogP contribution in [0.2, 0.25) is 0 Å². The average molecular weight is 424 g/mol. The molecule has 1 aromatic carbocycles. The minimum atomic E-state index is -1.15. The second kappa shape index (κ2) is 7.65. The number of amides is 3. The van der Waals surface area contributed by atoms with Crippen molar-refractivity contribution in [2.45, 2.75) is 44.8 Å². The number of anilines is 1. The number of nitrogens with one attached hydrogen (secondary N) is 1. The lowest BCUT2D eigenvalue weighted by Gasteiger charge is -2.37. The molecule has 2 heterocycles. The van der Waals surface area contributed by atoms with E-state index in [1.165, 1.54) is 0 Å². The Morgan fingerprint density at radius 2 is 1.81 bits per heavy atom. The third-order valence-corrected chi connectivity index (χ3v) is 6.79. The van der Waals surface area contributed by atoms with Gasteiger partial charge in [-0.15, -0.1) is 0 Å². The van der Waals surface area contributed by atoms with Gasteiger partial charge in [-0.05, 0) is 57.4 Å². The van der Waals surface area contributed by atoms with E-state index in [0.29, 0.717) is 24.6 Å². The Balaban J connectivity index is 1.46. The number of carbonyl (C=O) groups is 3. The van der Waals surface area contributed by atoms with Gasteiger partial charge in [0.25, 0.3) is 0 Å². The minimum Gasteiger partial charge on any atom is -0.343 e. The van der Waals surface area contributed by atoms with Crippen molar-refractivity contribution >= 4 is 23.4 Å². The quantitative estimate of drug-likeness (QED) is 0.794. The van der Waals surface area contributed by atoms with Gasteiger partial charge >= 0.3 is 0 Å². The number of piperazine rings is 1. The fourth-order valence-electron chi connectivity index (χ4n) is 4.67. The molecule has 3 fully saturated rings. The van der Waals surface area contributed by atoms with E-state index in [-0.39, 0.29) is 29.8 Å². The Labute approximate surface area is 182 Å². The number of likely N-dealkylation sites (N-methyl/N-ethyl adjacent to an activating group) is 2. The van der Waals surface area contributed by atoms with Gasteiger partial charge in [0.05, 0.1) is 6.07 Å². The number of rotatable bonds is 4. The van der Waals surface area contributed by atoms with Crippen molar-refractivity contribution in [3.05, 3.63) is 29.8 Å². The number of fused-ring (bicyclic) bond motifs is 1. The summed E-state index contributed by atoms with van der Waals surface area (Å²) in [5.41, 5.74) is 0.357. The molecule has 2 saturated heterocycles. The van der Waals surface area contributed by atoms with Crippen LogP contribution in [0.15, 0.2) is 24.3 Å². The van der Waals surface area contributed by atoms with E-state index in [1.807, 2.05) is 31.1 Å². The second-order valence-corrected chi connectivity index (χ2v) is 9.52. The van der Waals surface area contributed by atoms with Crippen LogP contribution in [0.3, 0.4) is 0 Å². The molecule has 1 saturated carbocycles. The van der Waals surface area contributed by atoms with Crippen molar-refractivity contribution in [1.82, 2.24) is 14.7 Å². The molecule has 1 N–H and O–H groups in total. The first-order valence-corrected chi connectivity index (χ1v) is 10.7. The lowest BCUT2D eigenvalue weighted by molar-refractivity contribution is -0.143. The maximum atomic E-state index is 13.0. The van der Waals surface area contributed by atoms with Crippen molar-refractivity contribution in [3.8, 4) is 6.07 Å². The number of nitriles is 1. The van der Waals surface area contributed by atoms with Crippen LogP contribution >= 0.6 is 0 Å². The number of hydrogen-bond acceptors (Lipinski definition) is 5. The van der Waals surface area contributed by atoms with Gasteiger partial charge in [-0.3, -0.25) is 19.3 Å². The van der Waals surface area contributed by atoms with Crippen LogP contribution < -0.4 is 5.32 Å². The molecule has 4 rings (SSSR count). The maximum absolute atomic E-state index is 13.0. The van der Waals surface area contributed by atoms with Crippen LogP contribution in [0, 0.1) is 22.7 Å². The Bertz CT molecular complexity index is 951. The predicted molar refractivity (Wildman–Crippen MR) is 115 cm³/mol. The van der Waals surface area contributed by atoms with E-state index in [4.69, 9.17) is 0 Å². The van der Waals surface area contributed by atoms with Crippen LogP contribution in [-0.2, 0) is 14.4 Å². The van der Waals surface area contributed by atoms with Crippen molar-refractivity contribution in [2.24, 2.45) is 11.3 Å². The molecule has 0 aromatic heterocycles. The molecule has 1 unspecified atom stereocenters. The molecule has 1 aromatic rings. The van der Waals surface area contributed by atoms with E-state index in [0.717, 1.165) is 18.5 Å². The summed E-state index contributed by atoms with van der Waals surface area (Å²) < 4.78 is 0. The summed E-state index contributed by atoms with van der Waals surface area (Å²) in [6.07, 6.45) is 1.54. The van der Waals surface area contributed by atoms with Gasteiger partial charge in [-0.1, -0.05) is 12.1 Å². The van der Waals surface area contributed by atoms with E-state index >= 15 is 0 Å². The molecule has 0 bridgehead atoms. The lowest BCUT2D eigenvalue weighted by atomic mass is 9.93. The van der Waals surface area contributed by atoms with Crippen LogP contribution in [0.1, 0.15) is 38.3 Å². The van der Waals surface area contributed by atoms with E-state index in [1.54, 1.807) is 35.8 Å². The highest BCUT2D eigenvalue weighted by atomic mass is 16.2. The van der Waals surface area contributed by atoms with Crippen LogP contribution in [0.4, 0.5) is 5.69 Å². The molecule has 8 heteroatoms. The van der Waals surface area contributed by atoms with Gasteiger partial charge in [0.15, 0.2) is 0 Å². The number of likely N-dealkylation sites (tertiary alicyclic amines) is 1. The van der Waals surface area contributed by atoms with Crippen molar-refractivity contribution < 1.29 is 14.4 Å². The zero-order chi connectivity index (χ0) is 22.5. The highest BCUT2D eigenvalue weighted by Crippen LogP contribution is 2.49. The molecule has 4 atom stereocenters. The van der Waals surface area contributed by atoms with Gasteiger partial charge in [0, 0.05) is 31.9 Å². The summed E-state index contributed by atoms with van der Waals surface area (Å²) in [4.78, 5) is 43.8. The van der Waals surface area contributed by atoms with E-state index < -0.39 is 11.5 Å². The van der Waals surface area contributed by atoms with E-state index in [9.17, 15) is 19.6 Å². The van der Waals surface area contributed by atoms with Crippen LogP contribution in [0.5, 0.6) is 0 Å². The molecular weight excluding hydrogens is 394 g/mol. The molecule has 3 aliphatic rings. The van der Waals surface area contributed by atoms with Crippen molar-refractivity contribution in [3.63, 3.8) is 0 Å². The number of hydrogen-bond donors (Lipinski definition) is 1. The second-order valence-electron chi connectivity index (χ2n) is 9.52. The number of piperidine rings is 1. The third-order valence-electron chi connectivity index (χ3n) is 6.79. The molecule has 8 nitrogen and oxygen atoms in total. The molecular formula is C23H29N5O3. The topological polar surface area (TPSA) is 96.8 Å². The predicted octanol–water partition coefficient (Wildman–Crippen LogP) is 1.61. The number of benzene rings is 1. The van der Waals surface area contributed by atoms with Crippen LogP contribution in [0.25, 0.3) is 0 Å². The smallest absolute Gasteiger partial charge is 0.247 e. The molecule has 0 radical (unpaired) electrons. The monoisotopic (exact) mass is 423 g/mol. The normalized spacial score (nSPS) is 28.2. The largest absolute Gasteiger partial charge is 0.343 e. The Morgan fingerprint density at radius 3 is 2.45 bits per heavy atom. The van der Waals surface area contributed by atoms with Gasteiger partial charge in [0.1, 0.15) is 17.5 Å². The van der Waals surface area contributed by atoms with Gasteiger partial charge in [0.2, 0.25) is 17.7 Å². The summed E-state index contributed by atoms with van der Waals surface area (Å²) in [6, 6.07) is 8.57. The number of carbonyl (C=O) groups excluding carboxylic acids is 3. The fourth-order valence-corrected chi connectivity index (χ4v) is 4.67. The minimum absolute atomic E-state index is 0.0602. The summed E-state index contributed by atoms with van der Waals surface area (Å²) in [6.45, 7) is 4.71. The van der Waals surface area contributed by atoms with Gasteiger partial charge in [-0.25, -0.2) is 0 Å². The first-order valence-electron chi connectivity index (χ1n) is 10.7. The molecule has 2 aliphatic heterocycles. The van der Waals surface area contributed by atoms with Gasteiger partial charge < -0.3 is 15.1 Å². The molecule has 1 aliphatic carbocycles. The first-order chi connectivity index (χ1) is 14.6. The summed E-state index contributed by atoms with van der Waals surface area (Å²) >= 11 is 0. The molecule has 31 heavy (non-hydrogen) atoms. The average Bonchev–Trinajstić information content (AvgIpc) is 3.41. The molecule has 3 amide bonds. The zero-order valence-corrected chi connectivity index (χ0v) is 18.5. The Kier molecular flexibility index (Phi) is 5.26. The third kappa shape index (κ3) is 3.79. The highest BCUT2D eigenvalue weighted by molar-refractivity contribution is 5.99. The van der Waals surface area contributed by atoms with Gasteiger partial charge in [-0.2, -0.15) is 5.26 Å². The summed E-state index contributed by atoms with van der Waals surface area (Å²) in [5.74, 6) is -0.0995. The highest BCUT2D eigenvalue weighted by Gasteiger charge is 2.58. The maximum Gasteiger partial charge on any atom is 0.247 e. The van der Waals surface area contributed by atoms with Crippen molar-refractivity contribution in [2.75, 3.05) is 32.5 Å². The first kappa shape index (κ1) is 21.3. The zero-order valence-electron chi connectivity index (χ0n) is 18.5. The molecule has 164 valence electrons. The fraction of sp³-hybridized carbons (Fsp3) is 0.565. The Hall–Kier alpha value is -2.92. The standard InChI is InChI=1S/C23H29N5O3/c1-23(2,13-24)22(31)28-17-11-15(17)12-18(28)20(29)25-16-7-5-14(6-8-16)19-21(30)27(4)10-9-26(19)3/h5-8,15,17-19H,9-12H2,1-4H3,(H,25,29)/t15-,17-,18-,19?/m1/s1.